The Morgan fingerprint density at radius 2 is 2.15 bits per heavy atom. The molecule has 1 aliphatic heterocycles. The van der Waals surface area contributed by atoms with Crippen LogP contribution in [0.5, 0.6) is 0 Å². The van der Waals surface area contributed by atoms with Crippen LogP contribution in [0.4, 0.5) is 0 Å². The summed E-state index contributed by atoms with van der Waals surface area (Å²) in [5.41, 5.74) is 0.902. The predicted octanol–water partition coefficient (Wildman–Crippen LogP) is 1.96. The number of likely N-dealkylation sites (tertiary alicyclic amines) is 1. The molecule has 2 aliphatic rings. The molecule has 0 radical (unpaired) electrons. The molecule has 4 heterocycles. The lowest BCUT2D eigenvalue weighted by Gasteiger charge is -2.23. The maximum atomic E-state index is 12.3. The molecule has 27 heavy (non-hydrogen) atoms. The third-order valence-corrected chi connectivity index (χ3v) is 5.43. The molecule has 0 spiro atoms. The van der Waals surface area contributed by atoms with Crippen molar-refractivity contribution in [2.45, 2.75) is 50.7 Å². The van der Waals surface area contributed by atoms with E-state index in [1.807, 2.05) is 6.20 Å². The van der Waals surface area contributed by atoms with E-state index >= 15 is 0 Å². The minimum absolute atomic E-state index is 0.0804. The van der Waals surface area contributed by atoms with Crippen LogP contribution in [-0.2, 0) is 13.1 Å². The highest BCUT2D eigenvalue weighted by Gasteiger charge is 2.30. The summed E-state index contributed by atoms with van der Waals surface area (Å²) in [7, 11) is 0. The van der Waals surface area contributed by atoms with Gasteiger partial charge in [0.05, 0.1) is 12.2 Å². The molecule has 2 fully saturated rings. The van der Waals surface area contributed by atoms with Gasteiger partial charge in [-0.1, -0.05) is 5.16 Å². The Morgan fingerprint density at radius 3 is 2.96 bits per heavy atom. The molecule has 1 atom stereocenters. The van der Waals surface area contributed by atoms with Gasteiger partial charge < -0.3 is 4.52 Å². The van der Waals surface area contributed by atoms with Crippen LogP contribution in [0.1, 0.15) is 43.1 Å². The second-order valence-corrected chi connectivity index (χ2v) is 7.44. The summed E-state index contributed by atoms with van der Waals surface area (Å²) in [6.45, 7) is 2.35. The Bertz CT molecular complexity index is 972. The van der Waals surface area contributed by atoms with Gasteiger partial charge in [-0.25, -0.2) is 9.67 Å². The zero-order valence-electron chi connectivity index (χ0n) is 15.1. The van der Waals surface area contributed by atoms with Crippen LogP contribution < -0.4 is 5.56 Å². The lowest BCUT2D eigenvalue weighted by molar-refractivity contribution is 0.210. The van der Waals surface area contributed by atoms with E-state index < -0.39 is 0 Å². The van der Waals surface area contributed by atoms with E-state index in [1.54, 1.807) is 33.9 Å². The summed E-state index contributed by atoms with van der Waals surface area (Å²) in [5, 5.41) is 8.76. The SMILES string of the molecule is O=c1ccc(-n2ccnc2)nn1CC1CCCN1Cc1cc(C2CC2)on1. The molecule has 0 amide bonds. The predicted molar refractivity (Wildman–Crippen MR) is 97.5 cm³/mol. The maximum Gasteiger partial charge on any atom is 0.266 e. The quantitative estimate of drug-likeness (QED) is 0.663. The lowest BCUT2D eigenvalue weighted by atomic mass is 10.2. The molecule has 3 aromatic heterocycles. The van der Waals surface area contributed by atoms with Gasteiger partial charge in [0, 0.05) is 43.0 Å². The molecule has 1 aliphatic carbocycles. The van der Waals surface area contributed by atoms with E-state index in [1.165, 1.54) is 12.8 Å². The number of aromatic nitrogens is 5. The van der Waals surface area contributed by atoms with Crippen LogP contribution in [0.25, 0.3) is 5.82 Å². The van der Waals surface area contributed by atoms with Gasteiger partial charge in [-0.2, -0.15) is 5.10 Å². The number of imidazole rings is 1. The molecule has 8 heteroatoms. The molecular weight excluding hydrogens is 344 g/mol. The van der Waals surface area contributed by atoms with Gasteiger partial charge in [0.1, 0.15) is 12.1 Å². The average molecular weight is 366 g/mol. The maximum absolute atomic E-state index is 12.3. The monoisotopic (exact) mass is 366 g/mol. The Kier molecular flexibility index (Phi) is 4.12. The number of hydrogen-bond donors (Lipinski definition) is 0. The van der Waals surface area contributed by atoms with Crippen LogP contribution in [0.3, 0.4) is 0 Å². The van der Waals surface area contributed by atoms with Crippen molar-refractivity contribution in [3.63, 3.8) is 0 Å². The van der Waals surface area contributed by atoms with E-state index in [9.17, 15) is 4.79 Å². The van der Waals surface area contributed by atoms with Crippen molar-refractivity contribution in [3.8, 4) is 5.82 Å². The fourth-order valence-corrected chi connectivity index (χ4v) is 3.78. The molecule has 8 nitrogen and oxygen atoms in total. The van der Waals surface area contributed by atoms with Crippen molar-refractivity contribution in [1.82, 2.24) is 29.4 Å². The average Bonchev–Trinajstić information content (AvgIpc) is 3.07. The van der Waals surface area contributed by atoms with Crippen LogP contribution in [0.15, 0.2) is 46.2 Å². The van der Waals surface area contributed by atoms with E-state index in [0.29, 0.717) is 18.3 Å². The minimum Gasteiger partial charge on any atom is -0.361 e. The highest BCUT2D eigenvalue weighted by atomic mass is 16.5. The zero-order chi connectivity index (χ0) is 18.2. The number of rotatable bonds is 6. The van der Waals surface area contributed by atoms with Crippen molar-refractivity contribution < 1.29 is 4.52 Å². The number of nitrogens with zero attached hydrogens (tertiary/aromatic N) is 6. The standard InChI is InChI=1S/C19H22N6O2/c26-19-6-5-18(24-9-7-20-13-24)21-25(19)12-16-2-1-8-23(16)11-15-10-17(27-22-15)14-3-4-14/h5-7,9-10,13-14,16H,1-4,8,11-12H2. The van der Waals surface area contributed by atoms with Crippen LogP contribution in [0, 0.1) is 0 Å². The molecule has 1 saturated heterocycles. The van der Waals surface area contributed by atoms with Gasteiger partial charge >= 0.3 is 0 Å². The van der Waals surface area contributed by atoms with Crippen molar-refractivity contribution >= 4 is 0 Å². The molecule has 1 unspecified atom stereocenters. The first-order chi connectivity index (χ1) is 13.3. The summed E-state index contributed by atoms with van der Waals surface area (Å²) in [6, 6.07) is 5.66. The first kappa shape index (κ1) is 16.4. The van der Waals surface area contributed by atoms with Crippen molar-refractivity contribution in [3.05, 3.63) is 58.7 Å². The molecule has 5 rings (SSSR count). The van der Waals surface area contributed by atoms with Gasteiger partial charge in [-0.3, -0.25) is 14.3 Å². The first-order valence-electron chi connectivity index (χ1n) is 9.52. The van der Waals surface area contributed by atoms with Crippen molar-refractivity contribution in [1.29, 1.82) is 0 Å². The molecule has 3 aromatic rings. The summed E-state index contributed by atoms with van der Waals surface area (Å²) in [6.07, 6.45) is 9.79. The van der Waals surface area contributed by atoms with Crippen LogP contribution in [0.2, 0.25) is 0 Å². The van der Waals surface area contributed by atoms with E-state index in [-0.39, 0.29) is 11.6 Å². The smallest absolute Gasteiger partial charge is 0.266 e. The summed E-state index contributed by atoms with van der Waals surface area (Å²) in [5.74, 6) is 2.29. The van der Waals surface area contributed by atoms with Gasteiger partial charge in [-0.15, -0.1) is 0 Å². The van der Waals surface area contributed by atoms with Crippen molar-refractivity contribution in [2.24, 2.45) is 0 Å². The highest BCUT2D eigenvalue weighted by Crippen LogP contribution is 2.40. The van der Waals surface area contributed by atoms with Crippen LogP contribution in [-0.4, -0.2) is 42.0 Å². The Balaban J connectivity index is 1.31. The molecule has 140 valence electrons. The largest absolute Gasteiger partial charge is 0.361 e. The normalized spacial score (nSPS) is 20.4. The Hall–Kier alpha value is -2.74. The van der Waals surface area contributed by atoms with E-state index in [2.05, 4.69) is 26.2 Å². The van der Waals surface area contributed by atoms with Gasteiger partial charge in [0.15, 0.2) is 5.82 Å². The Morgan fingerprint density at radius 1 is 1.22 bits per heavy atom. The third-order valence-electron chi connectivity index (χ3n) is 5.43. The fraction of sp³-hybridized carbons (Fsp3) is 0.474. The summed E-state index contributed by atoms with van der Waals surface area (Å²) < 4.78 is 8.84. The topological polar surface area (TPSA) is 82.0 Å². The molecule has 0 N–H and O–H groups in total. The van der Waals surface area contributed by atoms with Gasteiger partial charge in [0.25, 0.3) is 5.56 Å². The van der Waals surface area contributed by atoms with Gasteiger partial charge in [-0.05, 0) is 38.3 Å². The first-order valence-corrected chi connectivity index (χ1v) is 9.52. The molecular formula is C19H22N6O2. The molecule has 0 aromatic carbocycles. The second kappa shape index (κ2) is 6.77. The van der Waals surface area contributed by atoms with Crippen molar-refractivity contribution in [2.75, 3.05) is 6.54 Å². The third kappa shape index (κ3) is 3.44. The fourth-order valence-electron chi connectivity index (χ4n) is 3.78. The van der Waals surface area contributed by atoms with E-state index in [0.717, 1.165) is 37.4 Å². The second-order valence-electron chi connectivity index (χ2n) is 7.44. The summed E-state index contributed by atoms with van der Waals surface area (Å²) in [4.78, 5) is 18.7. The number of hydrogen-bond acceptors (Lipinski definition) is 6. The highest BCUT2D eigenvalue weighted by molar-refractivity contribution is 5.19. The molecule has 1 saturated carbocycles. The minimum atomic E-state index is -0.0804. The Labute approximate surface area is 156 Å². The zero-order valence-corrected chi connectivity index (χ0v) is 15.1. The van der Waals surface area contributed by atoms with E-state index in [4.69, 9.17) is 4.52 Å². The summed E-state index contributed by atoms with van der Waals surface area (Å²) >= 11 is 0. The lowest BCUT2D eigenvalue weighted by Crippen LogP contribution is -2.37. The molecule has 0 bridgehead atoms. The van der Waals surface area contributed by atoms with Crippen LogP contribution >= 0.6 is 0 Å². The van der Waals surface area contributed by atoms with Gasteiger partial charge in [0.2, 0.25) is 0 Å².